The molecule has 2 rings (SSSR count). The number of ether oxygens (including phenoxy) is 1. The van der Waals surface area contributed by atoms with Crippen LogP contribution < -0.4 is 9.46 Å². The Morgan fingerprint density at radius 3 is 2.53 bits per heavy atom. The van der Waals surface area contributed by atoms with Crippen LogP contribution in [0.15, 0.2) is 24.3 Å². The molecule has 12 heteroatoms. The highest BCUT2D eigenvalue weighted by Crippen LogP contribution is 2.32. The molecule has 7 nitrogen and oxygen atoms in total. The number of carbonyl (C=O) groups is 1. The van der Waals surface area contributed by atoms with Gasteiger partial charge in [-0.25, -0.2) is 8.42 Å². The smallest absolute Gasteiger partial charge is 0.416 e. The number of rotatable bonds is 12. The Balaban J connectivity index is 2.15. The summed E-state index contributed by atoms with van der Waals surface area (Å²) in [5, 5.41) is 4.25. The normalized spacial score (nSPS) is 12.2. The van der Waals surface area contributed by atoms with Gasteiger partial charge < -0.3 is 4.74 Å². The molecule has 0 aliphatic heterocycles. The topological polar surface area (TPSA) is 90.3 Å². The maximum absolute atomic E-state index is 12.9. The summed E-state index contributed by atoms with van der Waals surface area (Å²) in [5.41, 5.74) is 0.0887. The highest BCUT2D eigenvalue weighted by atomic mass is 35.5. The van der Waals surface area contributed by atoms with Crippen molar-refractivity contribution in [1.82, 2.24) is 14.5 Å². The number of aryl methyl sites for hydroxylation is 1. The van der Waals surface area contributed by atoms with Gasteiger partial charge in [-0.1, -0.05) is 37.4 Å². The number of aromatic nitrogens is 2. The second-order valence-electron chi connectivity index (χ2n) is 8.15. The number of sulfonamides is 1. The van der Waals surface area contributed by atoms with E-state index in [-0.39, 0.29) is 42.1 Å². The summed E-state index contributed by atoms with van der Waals surface area (Å²) in [7, 11) is -3.70. The summed E-state index contributed by atoms with van der Waals surface area (Å²) >= 11 is 6.08. The van der Waals surface area contributed by atoms with E-state index < -0.39 is 27.7 Å². The molecule has 1 aromatic heterocycles. The van der Waals surface area contributed by atoms with Crippen LogP contribution in [0.3, 0.4) is 0 Å². The molecule has 0 aliphatic carbocycles. The summed E-state index contributed by atoms with van der Waals surface area (Å²) < 4.78 is 72.0. The molecule has 190 valence electrons. The molecule has 0 aliphatic rings. The third-order valence-corrected chi connectivity index (χ3v) is 6.51. The molecule has 0 saturated heterocycles. The SMILES string of the molecule is CCCCCS(=O)(=O)NC(=O)CCc1cc(OC(C)C)nn1Cc1ccc(C(F)(F)F)cc1Cl. The van der Waals surface area contributed by atoms with Gasteiger partial charge in [0.1, 0.15) is 0 Å². The molecule has 0 radical (unpaired) electrons. The molecule has 1 aromatic carbocycles. The summed E-state index contributed by atoms with van der Waals surface area (Å²) in [6.07, 6.45) is -2.60. The molecule has 34 heavy (non-hydrogen) atoms. The van der Waals surface area contributed by atoms with E-state index >= 15 is 0 Å². The molecule has 0 fully saturated rings. The van der Waals surface area contributed by atoms with Crippen molar-refractivity contribution in [2.24, 2.45) is 0 Å². The maximum atomic E-state index is 12.9. The largest absolute Gasteiger partial charge is 0.474 e. The zero-order valence-corrected chi connectivity index (χ0v) is 20.9. The Hall–Kier alpha value is -2.27. The number of benzene rings is 1. The van der Waals surface area contributed by atoms with E-state index in [0.29, 0.717) is 17.7 Å². The zero-order valence-electron chi connectivity index (χ0n) is 19.3. The van der Waals surface area contributed by atoms with E-state index in [4.69, 9.17) is 16.3 Å². The minimum Gasteiger partial charge on any atom is -0.474 e. The fourth-order valence-corrected chi connectivity index (χ4v) is 4.51. The van der Waals surface area contributed by atoms with Gasteiger partial charge in [-0.05, 0) is 44.4 Å². The van der Waals surface area contributed by atoms with Crippen LogP contribution in [-0.2, 0) is 34.0 Å². The molecule has 0 unspecified atom stereocenters. The van der Waals surface area contributed by atoms with E-state index in [0.717, 1.165) is 25.0 Å². The lowest BCUT2D eigenvalue weighted by atomic mass is 10.1. The number of alkyl halides is 3. The average molecular weight is 524 g/mol. The van der Waals surface area contributed by atoms with Crippen molar-refractivity contribution in [2.45, 2.75) is 71.7 Å². The second-order valence-corrected chi connectivity index (χ2v) is 10.4. The van der Waals surface area contributed by atoms with Gasteiger partial charge in [0.2, 0.25) is 21.8 Å². The maximum Gasteiger partial charge on any atom is 0.416 e. The Morgan fingerprint density at radius 2 is 1.94 bits per heavy atom. The van der Waals surface area contributed by atoms with Gasteiger partial charge in [0.25, 0.3) is 0 Å². The average Bonchev–Trinajstić information content (AvgIpc) is 3.07. The lowest BCUT2D eigenvalue weighted by Crippen LogP contribution is -2.32. The first-order valence-electron chi connectivity index (χ1n) is 10.9. The predicted molar refractivity (Wildman–Crippen MR) is 123 cm³/mol. The highest BCUT2D eigenvalue weighted by Gasteiger charge is 2.31. The Morgan fingerprint density at radius 1 is 1.24 bits per heavy atom. The van der Waals surface area contributed by atoms with Crippen LogP contribution in [-0.4, -0.2) is 36.0 Å². The first-order chi connectivity index (χ1) is 15.8. The number of carbonyl (C=O) groups excluding carboxylic acids is 1. The van der Waals surface area contributed by atoms with Crippen LogP contribution in [0.5, 0.6) is 5.88 Å². The number of halogens is 4. The van der Waals surface area contributed by atoms with E-state index in [1.807, 2.05) is 20.8 Å². The van der Waals surface area contributed by atoms with Gasteiger partial charge >= 0.3 is 6.18 Å². The van der Waals surface area contributed by atoms with E-state index in [9.17, 15) is 26.4 Å². The van der Waals surface area contributed by atoms with Crippen molar-refractivity contribution >= 4 is 27.5 Å². The molecule has 2 aromatic rings. The predicted octanol–water partition coefficient (Wildman–Crippen LogP) is 4.96. The minimum atomic E-state index is -4.51. The number of hydrogen-bond donors (Lipinski definition) is 1. The van der Waals surface area contributed by atoms with Crippen LogP contribution in [0.1, 0.15) is 63.3 Å². The first kappa shape index (κ1) is 28.0. The van der Waals surface area contributed by atoms with E-state index in [1.165, 1.54) is 10.7 Å². The van der Waals surface area contributed by atoms with Gasteiger partial charge in [0, 0.05) is 23.2 Å². The van der Waals surface area contributed by atoms with Gasteiger partial charge in [-0.3, -0.25) is 14.2 Å². The number of nitrogens with zero attached hydrogens (tertiary/aromatic N) is 2. The lowest BCUT2D eigenvalue weighted by molar-refractivity contribution is -0.137. The van der Waals surface area contributed by atoms with Crippen LogP contribution in [0, 0.1) is 0 Å². The summed E-state index contributed by atoms with van der Waals surface area (Å²) in [5.74, 6) is -0.493. The van der Waals surface area contributed by atoms with Crippen LogP contribution in [0.4, 0.5) is 13.2 Å². The minimum absolute atomic E-state index is 0.0463. The second kappa shape index (κ2) is 11.9. The van der Waals surface area contributed by atoms with Crippen LogP contribution in [0.2, 0.25) is 5.02 Å². The summed E-state index contributed by atoms with van der Waals surface area (Å²) in [6, 6.07) is 4.67. The quantitative estimate of drug-likeness (QED) is 0.397. The molecule has 0 saturated carbocycles. The van der Waals surface area contributed by atoms with Crippen molar-refractivity contribution in [3.05, 3.63) is 46.1 Å². The number of amides is 1. The summed E-state index contributed by atoms with van der Waals surface area (Å²) in [4.78, 5) is 12.2. The van der Waals surface area contributed by atoms with Gasteiger partial charge in [-0.15, -0.1) is 5.10 Å². The Bertz CT molecular complexity index is 1090. The lowest BCUT2D eigenvalue weighted by Gasteiger charge is -2.12. The Kier molecular flexibility index (Phi) is 9.81. The fourth-order valence-electron chi connectivity index (χ4n) is 3.14. The van der Waals surface area contributed by atoms with Gasteiger partial charge in [-0.2, -0.15) is 13.2 Å². The number of hydrogen-bond acceptors (Lipinski definition) is 5. The molecule has 0 bridgehead atoms. The van der Waals surface area contributed by atoms with Gasteiger partial charge in [0.05, 0.1) is 24.0 Å². The monoisotopic (exact) mass is 523 g/mol. The van der Waals surface area contributed by atoms with Crippen LogP contribution in [0.25, 0.3) is 0 Å². The number of unbranched alkanes of at least 4 members (excludes halogenated alkanes) is 2. The van der Waals surface area contributed by atoms with Crippen molar-refractivity contribution in [3.63, 3.8) is 0 Å². The molecule has 1 amide bonds. The molecule has 0 spiro atoms. The third kappa shape index (κ3) is 8.83. The van der Waals surface area contributed by atoms with Crippen molar-refractivity contribution < 1.29 is 31.1 Å². The van der Waals surface area contributed by atoms with Crippen molar-refractivity contribution in [2.75, 3.05) is 5.75 Å². The van der Waals surface area contributed by atoms with E-state index in [1.54, 1.807) is 6.07 Å². The van der Waals surface area contributed by atoms with Crippen LogP contribution >= 0.6 is 11.6 Å². The summed E-state index contributed by atoms with van der Waals surface area (Å²) in [6.45, 7) is 5.61. The molecular weight excluding hydrogens is 495 g/mol. The molecule has 0 atom stereocenters. The third-order valence-electron chi connectivity index (χ3n) is 4.79. The van der Waals surface area contributed by atoms with E-state index in [2.05, 4.69) is 9.82 Å². The zero-order chi connectivity index (χ0) is 25.5. The standard InChI is InChI=1S/C22H29ClF3N3O4S/c1-4-5-6-11-34(31,32)28-20(30)10-9-18-13-21(33-15(2)3)27-29(18)14-16-7-8-17(12-19(16)23)22(24,25)26/h7-8,12-13,15H,4-6,9-11,14H2,1-3H3,(H,28,30). The first-order valence-corrected chi connectivity index (χ1v) is 13.0. The van der Waals surface area contributed by atoms with Crippen molar-refractivity contribution in [3.8, 4) is 5.88 Å². The molecular formula is C22H29ClF3N3O4S. The van der Waals surface area contributed by atoms with Crippen molar-refractivity contribution in [1.29, 1.82) is 0 Å². The molecule has 1 N–H and O–H groups in total. The van der Waals surface area contributed by atoms with Gasteiger partial charge in [0.15, 0.2) is 0 Å². The highest BCUT2D eigenvalue weighted by molar-refractivity contribution is 7.90. The fraction of sp³-hybridized carbons (Fsp3) is 0.545. The molecule has 1 heterocycles. The Labute approximate surface area is 202 Å². The number of nitrogens with one attached hydrogen (secondary N) is 1.